The average molecular weight is 800 g/mol. The van der Waals surface area contributed by atoms with Gasteiger partial charge in [-0.1, -0.05) is 55.3 Å². The zero-order valence-electron chi connectivity index (χ0n) is 32.6. The second-order valence-corrected chi connectivity index (χ2v) is 18.1. The van der Waals surface area contributed by atoms with Crippen molar-refractivity contribution in [1.82, 2.24) is 25.2 Å². The van der Waals surface area contributed by atoms with E-state index in [0.29, 0.717) is 60.2 Å². The normalized spacial score (nSPS) is 26.2. The molecule has 0 unspecified atom stereocenters. The Hall–Kier alpha value is -5.24. The molecule has 3 amide bonds. The first-order chi connectivity index (χ1) is 27.2. The summed E-state index contributed by atoms with van der Waals surface area (Å²) in [4.78, 5) is 60.9. The minimum Gasteiger partial charge on any atom is -0.497 e. The van der Waals surface area contributed by atoms with E-state index in [-0.39, 0.29) is 18.5 Å². The molecule has 5 atom stereocenters. The van der Waals surface area contributed by atoms with Crippen molar-refractivity contribution in [3.8, 4) is 22.8 Å². The molecule has 14 nitrogen and oxygen atoms in total. The Morgan fingerprint density at radius 3 is 2.51 bits per heavy atom. The Kier molecular flexibility index (Phi) is 11.2. The number of amides is 3. The van der Waals surface area contributed by atoms with Crippen molar-refractivity contribution in [2.45, 2.75) is 107 Å². The molecule has 0 radical (unpaired) electrons. The van der Waals surface area contributed by atoms with Gasteiger partial charge in [0.1, 0.15) is 46.9 Å². The maximum Gasteiger partial charge on any atom is 0.408 e. The molecule has 0 bridgehead atoms. The van der Waals surface area contributed by atoms with Crippen LogP contribution >= 0.6 is 0 Å². The molecule has 2 aromatic carbocycles. The number of ether oxygens (including phenoxy) is 3. The lowest BCUT2D eigenvalue weighted by atomic mass is 10.0. The zero-order valence-corrected chi connectivity index (χ0v) is 33.4. The van der Waals surface area contributed by atoms with Crippen LogP contribution in [0, 0.1) is 5.92 Å². The number of sulfonamides is 1. The third-order valence-corrected chi connectivity index (χ3v) is 12.6. The number of nitrogens with zero attached hydrogens (tertiary/aromatic N) is 2. The number of pyridine rings is 1. The molecule has 3 N–H and O–H groups in total. The number of hydrogen-bond acceptors (Lipinski definition) is 10. The van der Waals surface area contributed by atoms with Crippen LogP contribution in [0.15, 0.2) is 72.3 Å². The van der Waals surface area contributed by atoms with Gasteiger partial charge in [-0.25, -0.2) is 23.0 Å². The van der Waals surface area contributed by atoms with Crippen molar-refractivity contribution >= 4 is 44.8 Å². The van der Waals surface area contributed by atoms with Crippen molar-refractivity contribution in [2.24, 2.45) is 5.92 Å². The summed E-state index contributed by atoms with van der Waals surface area (Å²) in [6.07, 6.45) is 6.04. The van der Waals surface area contributed by atoms with Crippen molar-refractivity contribution in [3.63, 3.8) is 0 Å². The highest BCUT2D eigenvalue weighted by Crippen LogP contribution is 2.49. The molecule has 302 valence electrons. The van der Waals surface area contributed by atoms with Gasteiger partial charge in [0.25, 0.3) is 0 Å². The number of methoxy groups -OCH3 is 1. The van der Waals surface area contributed by atoms with E-state index >= 15 is 0 Å². The van der Waals surface area contributed by atoms with E-state index in [1.54, 1.807) is 46.1 Å². The molecule has 4 aliphatic rings. The van der Waals surface area contributed by atoms with E-state index < -0.39 is 68.6 Å². The fourth-order valence-corrected chi connectivity index (χ4v) is 9.29. The molecule has 7 rings (SSSR count). The van der Waals surface area contributed by atoms with Gasteiger partial charge in [0.2, 0.25) is 21.8 Å². The van der Waals surface area contributed by atoms with Gasteiger partial charge in [0.15, 0.2) is 0 Å². The number of aromatic nitrogens is 1. The molecule has 3 heterocycles. The molecule has 1 saturated heterocycles. The van der Waals surface area contributed by atoms with E-state index in [4.69, 9.17) is 19.2 Å². The monoisotopic (exact) mass is 799 g/mol. The maximum absolute atomic E-state index is 14.7. The molecule has 3 fully saturated rings. The second kappa shape index (κ2) is 16.0. The van der Waals surface area contributed by atoms with E-state index in [1.165, 1.54) is 4.90 Å². The lowest BCUT2D eigenvalue weighted by Crippen LogP contribution is -2.59. The van der Waals surface area contributed by atoms with Gasteiger partial charge in [-0.15, -0.1) is 0 Å². The predicted molar refractivity (Wildman–Crippen MR) is 212 cm³/mol. The molecule has 2 aliphatic carbocycles. The molecule has 57 heavy (non-hydrogen) atoms. The van der Waals surface area contributed by atoms with Crippen LogP contribution in [0.2, 0.25) is 0 Å². The standard InChI is InChI=1S/C42H49N5O9S/c1-41(2,3)56-40(51)44-33-16-12-7-5-6-11-15-31-32(25-48)42(31,46-57(52,53)29-18-19-29)45-38(49)36-22-28(24-47(36)39(33)50)55-37-23-34(26-13-9-8-10-14-26)43-35-21-27(54-4)17-20-30(35)37/h8-11,13-15,17,20-21,23,28-29,31,33,36,46H,5-7,12,16,18-19,22,24H2,1-4H3,(H,44,51)(H,45,49)/b15-11-/t28-,31+,33+,36+,42-/m1/s1. The SMILES string of the molecule is COc1ccc2c(O[C@@H]3C[C@H]4C(=O)N[C@]5(NS(=O)(=O)C6CC6)C(=C=O)[C@@H]5/C=C\CCCCC[C@H](NC(=O)OC(C)(C)C)C(=O)N4C3)cc(-c3ccccc3)nc2c1. The van der Waals surface area contributed by atoms with Gasteiger partial charge >= 0.3 is 6.09 Å². The number of rotatable bonds is 8. The summed E-state index contributed by atoms with van der Waals surface area (Å²) in [5.74, 6) is 1.00. The summed E-state index contributed by atoms with van der Waals surface area (Å²) in [6.45, 7) is 5.14. The largest absolute Gasteiger partial charge is 0.497 e. The molecular weight excluding hydrogens is 751 g/mol. The quantitative estimate of drug-likeness (QED) is 0.208. The summed E-state index contributed by atoms with van der Waals surface area (Å²) in [6, 6.07) is 14.6. The minimum atomic E-state index is -3.91. The van der Waals surface area contributed by atoms with Crippen molar-refractivity contribution < 1.29 is 41.8 Å². The summed E-state index contributed by atoms with van der Waals surface area (Å²) in [7, 11) is -2.34. The average Bonchev–Trinajstić information content (AvgIpc) is 4.07. The van der Waals surface area contributed by atoms with Crippen LogP contribution in [-0.4, -0.2) is 90.5 Å². The van der Waals surface area contributed by atoms with Crippen LogP contribution in [0.25, 0.3) is 22.2 Å². The van der Waals surface area contributed by atoms with Crippen LogP contribution < -0.4 is 24.8 Å². The first kappa shape index (κ1) is 40.0. The Morgan fingerprint density at radius 1 is 1.04 bits per heavy atom. The number of allylic oxidation sites excluding steroid dienone is 1. The molecule has 2 saturated carbocycles. The third kappa shape index (κ3) is 8.85. The Balaban J connectivity index is 1.26. The van der Waals surface area contributed by atoms with Crippen LogP contribution in [0.4, 0.5) is 4.79 Å². The number of carbonyl (C=O) groups is 3. The van der Waals surface area contributed by atoms with Gasteiger partial charge in [0, 0.05) is 29.5 Å². The Bertz CT molecular complexity index is 2230. The van der Waals surface area contributed by atoms with Gasteiger partial charge in [-0.3, -0.25) is 9.59 Å². The number of benzene rings is 2. The molecule has 1 aromatic heterocycles. The van der Waals surface area contributed by atoms with Gasteiger partial charge in [-0.05, 0) is 65.0 Å². The molecule has 2 aliphatic heterocycles. The molecular formula is C42H49N5O9S. The maximum atomic E-state index is 14.7. The lowest BCUT2D eigenvalue weighted by Gasteiger charge is -2.30. The lowest BCUT2D eigenvalue weighted by molar-refractivity contribution is -0.140. The van der Waals surface area contributed by atoms with Crippen LogP contribution in [0.1, 0.15) is 72.1 Å². The fraction of sp³-hybridized carbons (Fsp3) is 0.476. The molecule has 15 heteroatoms. The van der Waals surface area contributed by atoms with Gasteiger partial charge in [-0.2, -0.15) is 4.72 Å². The highest BCUT2D eigenvalue weighted by molar-refractivity contribution is 7.90. The smallest absolute Gasteiger partial charge is 0.408 e. The van der Waals surface area contributed by atoms with Gasteiger partial charge in [0.05, 0.1) is 41.6 Å². The van der Waals surface area contributed by atoms with Crippen LogP contribution in [0.5, 0.6) is 11.5 Å². The first-order valence-corrected chi connectivity index (χ1v) is 21.0. The summed E-state index contributed by atoms with van der Waals surface area (Å²) < 4.78 is 47.1. The van der Waals surface area contributed by atoms with Crippen LogP contribution in [-0.2, 0) is 29.1 Å². The van der Waals surface area contributed by atoms with Gasteiger partial charge < -0.3 is 29.7 Å². The van der Waals surface area contributed by atoms with E-state index in [1.807, 2.05) is 54.5 Å². The third-order valence-electron chi connectivity index (χ3n) is 10.7. The molecule has 0 spiro atoms. The highest BCUT2D eigenvalue weighted by atomic mass is 32.2. The first-order valence-electron chi connectivity index (χ1n) is 19.5. The van der Waals surface area contributed by atoms with Crippen molar-refractivity contribution in [2.75, 3.05) is 13.7 Å². The summed E-state index contributed by atoms with van der Waals surface area (Å²) in [5.41, 5.74) is -0.396. The number of hydrogen-bond donors (Lipinski definition) is 3. The van der Waals surface area contributed by atoms with E-state index in [2.05, 4.69) is 15.4 Å². The minimum absolute atomic E-state index is 0.0173. The highest BCUT2D eigenvalue weighted by Gasteiger charge is 2.65. The molecule has 3 aromatic rings. The Morgan fingerprint density at radius 2 is 1.81 bits per heavy atom. The topological polar surface area (TPSA) is 182 Å². The fourth-order valence-electron chi connectivity index (χ4n) is 7.63. The summed E-state index contributed by atoms with van der Waals surface area (Å²) >= 11 is 0. The van der Waals surface area contributed by atoms with Crippen molar-refractivity contribution in [3.05, 3.63) is 72.3 Å². The predicted octanol–water partition coefficient (Wildman–Crippen LogP) is 4.95. The number of alkyl carbamates (subject to hydrolysis) is 1. The second-order valence-electron chi connectivity index (χ2n) is 16.1. The Labute approximate surface area is 332 Å². The van der Waals surface area contributed by atoms with Crippen LogP contribution in [0.3, 0.4) is 0 Å². The zero-order chi connectivity index (χ0) is 40.5. The number of nitrogens with one attached hydrogen (secondary N) is 3. The number of fused-ring (bicyclic) bond motifs is 3. The van der Waals surface area contributed by atoms with E-state index in [9.17, 15) is 27.6 Å². The van der Waals surface area contributed by atoms with Crippen molar-refractivity contribution in [1.29, 1.82) is 0 Å². The number of carbonyl (C=O) groups excluding carboxylic acids is 4. The van der Waals surface area contributed by atoms with E-state index in [0.717, 1.165) is 18.4 Å². The summed E-state index contributed by atoms with van der Waals surface area (Å²) in [5, 5.41) is 5.66.